The summed E-state index contributed by atoms with van der Waals surface area (Å²) in [7, 11) is 3.31. The number of imide groups is 1. The molecule has 1 aromatic heterocycles. The van der Waals surface area contributed by atoms with Crippen LogP contribution in [-0.2, 0) is 16.1 Å². The zero-order valence-electron chi connectivity index (χ0n) is 15.6. The van der Waals surface area contributed by atoms with Crippen LogP contribution in [0.25, 0.3) is 0 Å². The van der Waals surface area contributed by atoms with Crippen LogP contribution in [0.2, 0.25) is 0 Å². The first-order chi connectivity index (χ1) is 12.5. The van der Waals surface area contributed by atoms with Crippen molar-refractivity contribution in [2.24, 2.45) is 0 Å². The van der Waals surface area contributed by atoms with Gasteiger partial charge in [-0.25, -0.2) is 4.79 Å². The van der Waals surface area contributed by atoms with E-state index in [4.69, 9.17) is 9.15 Å². The maximum atomic E-state index is 12.6. The Labute approximate surface area is 153 Å². The van der Waals surface area contributed by atoms with Gasteiger partial charge in [0.2, 0.25) is 0 Å². The van der Waals surface area contributed by atoms with Crippen LogP contribution < -0.4 is 0 Å². The molecule has 0 bridgehead atoms. The number of rotatable bonds is 3. The minimum absolute atomic E-state index is 0.0700. The van der Waals surface area contributed by atoms with Crippen molar-refractivity contribution in [2.45, 2.75) is 50.3 Å². The third-order valence-electron chi connectivity index (χ3n) is 6.16. The first-order valence-corrected chi connectivity index (χ1v) is 9.50. The first kappa shape index (κ1) is 17.5. The third kappa shape index (κ3) is 2.83. The molecule has 0 radical (unpaired) electrons. The zero-order chi connectivity index (χ0) is 18.3. The molecule has 3 fully saturated rings. The van der Waals surface area contributed by atoms with E-state index in [0.29, 0.717) is 12.8 Å². The Balaban J connectivity index is 1.36. The lowest BCUT2D eigenvalue weighted by atomic mass is 9.86. The highest BCUT2D eigenvalue weighted by molar-refractivity contribution is 6.06. The van der Waals surface area contributed by atoms with Crippen LogP contribution in [0.4, 0.5) is 4.79 Å². The van der Waals surface area contributed by atoms with Gasteiger partial charge in [0.1, 0.15) is 23.2 Å². The molecule has 0 N–H and O–H groups in total. The smallest absolute Gasteiger partial charge is 0.327 e. The summed E-state index contributed by atoms with van der Waals surface area (Å²) in [5.74, 6) is 1.79. The second-order valence-corrected chi connectivity index (χ2v) is 7.67. The maximum absolute atomic E-state index is 12.6. The van der Waals surface area contributed by atoms with Crippen LogP contribution in [0.15, 0.2) is 16.5 Å². The molecule has 0 saturated carbocycles. The fraction of sp³-hybridized carbons (Fsp3) is 0.684. The van der Waals surface area contributed by atoms with Crippen molar-refractivity contribution in [1.29, 1.82) is 0 Å². The summed E-state index contributed by atoms with van der Waals surface area (Å²) in [5.41, 5.74) is -0.660. The molecule has 7 nitrogen and oxygen atoms in total. The SMILES string of the molecule is CN1C(=O)N(C)C2(CCN(Cc3ccc(C4CCCCO4)o3)CC2)C1=O. The molecule has 7 heteroatoms. The Bertz CT molecular complexity index is 687. The van der Waals surface area contributed by atoms with Crippen molar-refractivity contribution >= 4 is 11.9 Å². The van der Waals surface area contributed by atoms with E-state index in [1.807, 2.05) is 12.1 Å². The van der Waals surface area contributed by atoms with E-state index in [0.717, 1.165) is 50.6 Å². The molecule has 142 valence electrons. The highest BCUT2D eigenvalue weighted by atomic mass is 16.5. The molecule has 4 heterocycles. The molecular formula is C19H27N3O4. The zero-order valence-corrected chi connectivity index (χ0v) is 15.6. The van der Waals surface area contributed by atoms with Gasteiger partial charge in [-0.15, -0.1) is 0 Å². The summed E-state index contributed by atoms with van der Waals surface area (Å²) in [5, 5.41) is 0. The molecular weight excluding hydrogens is 334 g/mol. The highest BCUT2D eigenvalue weighted by Gasteiger charge is 2.55. The van der Waals surface area contributed by atoms with Crippen molar-refractivity contribution in [2.75, 3.05) is 33.8 Å². The lowest BCUT2D eigenvalue weighted by Crippen LogP contribution is -2.55. The number of ether oxygens (including phenoxy) is 1. The summed E-state index contributed by atoms with van der Waals surface area (Å²) in [6.07, 6.45) is 4.76. The van der Waals surface area contributed by atoms with E-state index >= 15 is 0 Å². The fourth-order valence-corrected chi connectivity index (χ4v) is 4.42. The average molecular weight is 361 g/mol. The van der Waals surface area contributed by atoms with Crippen LogP contribution in [0, 0.1) is 0 Å². The lowest BCUT2D eigenvalue weighted by molar-refractivity contribution is -0.134. The Kier molecular flexibility index (Phi) is 4.52. The van der Waals surface area contributed by atoms with Gasteiger partial charge in [0.15, 0.2) is 0 Å². The number of furan rings is 1. The Morgan fingerprint density at radius 3 is 2.54 bits per heavy atom. The minimum atomic E-state index is -0.660. The van der Waals surface area contributed by atoms with Gasteiger partial charge >= 0.3 is 6.03 Å². The second-order valence-electron chi connectivity index (χ2n) is 7.67. The van der Waals surface area contributed by atoms with Crippen LogP contribution in [0.5, 0.6) is 0 Å². The predicted octanol–water partition coefficient (Wildman–Crippen LogP) is 2.38. The van der Waals surface area contributed by atoms with E-state index in [1.54, 1.807) is 19.0 Å². The topological polar surface area (TPSA) is 66.2 Å². The Morgan fingerprint density at radius 2 is 1.92 bits per heavy atom. The molecule has 0 aliphatic carbocycles. The molecule has 3 amide bonds. The predicted molar refractivity (Wildman–Crippen MR) is 94.4 cm³/mol. The number of amides is 3. The standard InChI is InChI=1S/C19H27N3O4/c1-20-17(23)19(21(2)18(20)24)8-10-22(11-9-19)13-14-6-7-16(26-14)15-5-3-4-12-25-15/h6-7,15H,3-5,8-13H2,1-2H3. The molecule has 1 aromatic rings. The molecule has 26 heavy (non-hydrogen) atoms. The van der Waals surface area contributed by atoms with Gasteiger partial charge in [-0.2, -0.15) is 0 Å². The van der Waals surface area contributed by atoms with E-state index in [2.05, 4.69) is 4.90 Å². The highest BCUT2D eigenvalue weighted by Crippen LogP contribution is 2.36. The van der Waals surface area contributed by atoms with Crippen LogP contribution in [-0.4, -0.2) is 66.0 Å². The van der Waals surface area contributed by atoms with Gasteiger partial charge in [-0.1, -0.05) is 0 Å². The number of likely N-dealkylation sites (N-methyl/N-ethyl adjacent to an activating group) is 2. The lowest BCUT2D eigenvalue weighted by Gasteiger charge is -2.40. The summed E-state index contributed by atoms with van der Waals surface area (Å²) < 4.78 is 11.8. The molecule has 0 aromatic carbocycles. The summed E-state index contributed by atoms with van der Waals surface area (Å²) in [6.45, 7) is 3.08. The van der Waals surface area contributed by atoms with Gasteiger partial charge in [0.25, 0.3) is 5.91 Å². The number of carbonyl (C=O) groups excluding carboxylic acids is 2. The molecule has 4 rings (SSSR count). The largest absolute Gasteiger partial charge is 0.462 e. The summed E-state index contributed by atoms with van der Waals surface area (Å²) >= 11 is 0. The van der Waals surface area contributed by atoms with E-state index < -0.39 is 5.54 Å². The van der Waals surface area contributed by atoms with Crippen molar-refractivity contribution in [3.8, 4) is 0 Å². The molecule has 1 atom stereocenters. The van der Waals surface area contributed by atoms with Crippen molar-refractivity contribution < 1.29 is 18.7 Å². The van der Waals surface area contributed by atoms with Crippen molar-refractivity contribution in [3.05, 3.63) is 23.7 Å². The molecule has 3 aliphatic heterocycles. The fourth-order valence-electron chi connectivity index (χ4n) is 4.42. The Hall–Kier alpha value is -1.86. The molecule has 3 saturated heterocycles. The number of likely N-dealkylation sites (tertiary alicyclic amines) is 1. The van der Waals surface area contributed by atoms with Gasteiger partial charge in [-0.05, 0) is 44.2 Å². The first-order valence-electron chi connectivity index (χ1n) is 9.50. The monoisotopic (exact) mass is 361 g/mol. The van der Waals surface area contributed by atoms with Crippen LogP contribution >= 0.6 is 0 Å². The third-order valence-corrected chi connectivity index (χ3v) is 6.16. The van der Waals surface area contributed by atoms with Crippen LogP contribution in [0.3, 0.4) is 0 Å². The van der Waals surface area contributed by atoms with E-state index in [1.165, 1.54) is 11.3 Å². The normalized spacial score (nSPS) is 26.9. The number of nitrogens with zero attached hydrogens (tertiary/aromatic N) is 3. The Morgan fingerprint density at radius 1 is 1.15 bits per heavy atom. The summed E-state index contributed by atoms with van der Waals surface area (Å²) in [6, 6.07) is 3.85. The van der Waals surface area contributed by atoms with Crippen molar-refractivity contribution in [3.63, 3.8) is 0 Å². The molecule has 1 spiro atoms. The van der Waals surface area contributed by atoms with E-state index in [9.17, 15) is 9.59 Å². The van der Waals surface area contributed by atoms with Gasteiger partial charge < -0.3 is 14.1 Å². The second kappa shape index (κ2) is 6.70. The number of carbonyl (C=O) groups is 2. The maximum Gasteiger partial charge on any atom is 0.327 e. The number of piperidine rings is 1. The average Bonchev–Trinajstić information content (AvgIpc) is 3.20. The number of hydrogen-bond acceptors (Lipinski definition) is 5. The number of urea groups is 1. The molecule has 3 aliphatic rings. The van der Waals surface area contributed by atoms with E-state index in [-0.39, 0.29) is 18.0 Å². The van der Waals surface area contributed by atoms with Gasteiger partial charge in [0.05, 0.1) is 6.54 Å². The van der Waals surface area contributed by atoms with Crippen molar-refractivity contribution in [1.82, 2.24) is 14.7 Å². The minimum Gasteiger partial charge on any atom is -0.462 e. The number of hydrogen-bond donors (Lipinski definition) is 0. The molecule has 1 unspecified atom stereocenters. The van der Waals surface area contributed by atoms with Gasteiger partial charge in [0, 0.05) is 33.8 Å². The van der Waals surface area contributed by atoms with Crippen LogP contribution in [0.1, 0.15) is 49.7 Å². The quantitative estimate of drug-likeness (QED) is 0.774. The summed E-state index contributed by atoms with van der Waals surface area (Å²) in [4.78, 5) is 29.8. The van der Waals surface area contributed by atoms with Gasteiger partial charge in [-0.3, -0.25) is 14.6 Å².